The molecule has 1 atom stereocenters. The van der Waals surface area contributed by atoms with Crippen LogP contribution in [0.25, 0.3) is 0 Å². The predicted molar refractivity (Wildman–Crippen MR) is 77.9 cm³/mol. The number of hydrogen-bond acceptors (Lipinski definition) is 4. The molecule has 2 rings (SSSR count). The second-order valence-electron chi connectivity index (χ2n) is 4.40. The van der Waals surface area contributed by atoms with Gasteiger partial charge in [-0.05, 0) is 18.7 Å². The maximum atomic E-state index is 11.8. The smallest absolute Gasteiger partial charge is 0.266 e. The van der Waals surface area contributed by atoms with E-state index in [-0.39, 0.29) is 11.6 Å². The van der Waals surface area contributed by atoms with E-state index < -0.39 is 0 Å². The molecular weight excluding hydrogens is 254 g/mol. The van der Waals surface area contributed by atoms with E-state index in [1.54, 1.807) is 19.4 Å². The number of rotatable bonds is 6. The molecule has 1 heterocycles. The number of nitrogens with one attached hydrogen (secondary N) is 1. The zero-order chi connectivity index (χ0) is 14.4. The maximum absolute atomic E-state index is 11.8. The summed E-state index contributed by atoms with van der Waals surface area (Å²) in [4.78, 5) is 11.8. The van der Waals surface area contributed by atoms with Crippen LogP contribution in [0.5, 0.6) is 5.75 Å². The van der Waals surface area contributed by atoms with Crippen molar-refractivity contribution in [3.63, 3.8) is 0 Å². The number of para-hydroxylation sites is 1. The average molecular weight is 273 g/mol. The number of aromatic nitrogens is 2. The van der Waals surface area contributed by atoms with Crippen molar-refractivity contribution in [2.24, 2.45) is 0 Å². The topological polar surface area (TPSA) is 56.2 Å². The minimum Gasteiger partial charge on any atom is -0.496 e. The molecule has 5 nitrogen and oxygen atoms in total. The van der Waals surface area contributed by atoms with Gasteiger partial charge < -0.3 is 10.1 Å². The molecule has 0 aliphatic heterocycles. The Bertz CT molecular complexity index is 610. The Morgan fingerprint density at radius 3 is 2.80 bits per heavy atom. The Kier molecular flexibility index (Phi) is 4.90. The van der Waals surface area contributed by atoms with Gasteiger partial charge in [-0.2, -0.15) is 5.10 Å². The molecule has 20 heavy (non-hydrogen) atoms. The third-order valence-corrected chi connectivity index (χ3v) is 3.11. The fourth-order valence-corrected chi connectivity index (χ4v) is 2.17. The average Bonchev–Trinajstić information content (AvgIpc) is 2.49. The molecule has 0 saturated heterocycles. The van der Waals surface area contributed by atoms with Gasteiger partial charge in [-0.25, -0.2) is 4.68 Å². The summed E-state index contributed by atoms with van der Waals surface area (Å²) in [5.41, 5.74) is 0.916. The van der Waals surface area contributed by atoms with E-state index in [1.165, 1.54) is 10.7 Å². The maximum Gasteiger partial charge on any atom is 0.266 e. The minimum absolute atomic E-state index is 0.0243. The van der Waals surface area contributed by atoms with Crippen LogP contribution >= 0.6 is 0 Å². The van der Waals surface area contributed by atoms with E-state index in [0.29, 0.717) is 6.54 Å². The van der Waals surface area contributed by atoms with Crippen LogP contribution in [0.4, 0.5) is 0 Å². The highest BCUT2D eigenvalue weighted by molar-refractivity contribution is 5.35. The normalized spacial score (nSPS) is 12.1. The summed E-state index contributed by atoms with van der Waals surface area (Å²) >= 11 is 0. The van der Waals surface area contributed by atoms with Crippen LogP contribution in [-0.2, 0) is 6.54 Å². The molecule has 1 aromatic carbocycles. The lowest BCUT2D eigenvalue weighted by Crippen LogP contribution is -2.31. The van der Waals surface area contributed by atoms with Crippen molar-refractivity contribution in [1.82, 2.24) is 15.1 Å². The highest BCUT2D eigenvalue weighted by atomic mass is 16.5. The molecule has 0 amide bonds. The first-order chi connectivity index (χ1) is 9.76. The lowest BCUT2D eigenvalue weighted by Gasteiger charge is -2.20. The van der Waals surface area contributed by atoms with Crippen LogP contribution in [0.3, 0.4) is 0 Å². The molecule has 0 fully saturated rings. The van der Waals surface area contributed by atoms with Gasteiger partial charge in [0.1, 0.15) is 5.75 Å². The van der Waals surface area contributed by atoms with E-state index in [1.807, 2.05) is 31.2 Å². The quantitative estimate of drug-likeness (QED) is 0.868. The molecule has 1 unspecified atom stereocenters. The molecule has 0 saturated carbocycles. The van der Waals surface area contributed by atoms with Gasteiger partial charge in [0, 0.05) is 17.8 Å². The van der Waals surface area contributed by atoms with Gasteiger partial charge in [0.25, 0.3) is 5.56 Å². The summed E-state index contributed by atoms with van der Waals surface area (Å²) in [6, 6.07) is 10.9. The lowest BCUT2D eigenvalue weighted by molar-refractivity contribution is 0.382. The highest BCUT2D eigenvalue weighted by Gasteiger charge is 2.16. The summed E-state index contributed by atoms with van der Waals surface area (Å²) in [5, 5.41) is 7.47. The highest BCUT2D eigenvalue weighted by Crippen LogP contribution is 2.25. The van der Waals surface area contributed by atoms with Gasteiger partial charge in [-0.15, -0.1) is 0 Å². The third kappa shape index (κ3) is 3.24. The molecular formula is C15H19N3O2. The van der Waals surface area contributed by atoms with E-state index in [0.717, 1.165) is 17.9 Å². The molecule has 0 radical (unpaired) electrons. The largest absolute Gasteiger partial charge is 0.496 e. The Morgan fingerprint density at radius 1 is 1.30 bits per heavy atom. The SMILES string of the molecule is CCNC(Cn1ncccc1=O)c1ccccc1OC. The van der Waals surface area contributed by atoms with Crippen LogP contribution < -0.4 is 15.6 Å². The van der Waals surface area contributed by atoms with Crippen molar-refractivity contribution in [1.29, 1.82) is 0 Å². The van der Waals surface area contributed by atoms with Crippen molar-refractivity contribution in [3.05, 3.63) is 58.5 Å². The standard InChI is InChI=1S/C15H19N3O2/c1-3-16-13(11-18-15(19)9-6-10-17-18)12-7-4-5-8-14(12)20-2/h4-10,13,16H,3,11H2,1-2H3. The summed E-state index contributed by atoms with van der Waals surface area (Å²) in [7, 11) is 1.65. The van der Waals surface area contributed by atoms with Crippen LogP contribution in [0.15, 0.2) is 47.4 Å². The molecule has 1 aromatic heterocycles. The molecule has 106 valence electrons. The van der Waals surface area contributed by atoms with Crippen molar-refractivity contribution in [2.45, 2.75) is 19.5 Å². The molecule has 1 N–H and O–H groups in total. The van der Waals surface area contributed by atoms with Crippen molar-refractivity contribution >= 4 is 0 Å². The predicted octanol–water partition coefficient (Wildman–Crippen LogP) is 1.60. The number of likely N-dealkylation sites (N-methyl/N-ethyl adjacent to an activating group) is 1. The van der Waals surface area contributed by atoms with E-state index >= 15 is 0 Å². The van der Waals surface area contributed by atoms with Gasteiger partial charge >= 0.3 is 0 Å². The van der Waals surface area contributed by atoms with Gasteiger partial charge in [0.05, 0.1) is 19.7 Å². The second-order valence-corrected chi connectivity index (χ2v) is 4.40. The van der Waals surface area contributed by atoms with Crippen molar-refractivity contribution in [3.8, 4) is 5.75 Å². The first-order valence-electron chi connectivity index (χ1n) is 6.64. The van der Waals surface area contributed by atoms with Crippen LogP contribution in [0.2, 0.25) is 0 Å². The fraction of sp³-hybridized carbons (Fsp3) is 0.333. The minimum atomic E-state index is -0.106. The second kappa shape index (κ2) is 6.86. The zero-order valence-electron chi connectivity index (χ0n) is 11.7. The van der Waals surface area contributed by atoms with Crippen LogP contribution in [-0.4, -0.2) is 23.4 Å². The van der Waals surface area contributed by atoms with Gasteiger partial charge in [0.2, 0.25) is 0 Å². The molecule has 0 bridgehead atoms. The number of nitrogens with zero attached hydrogens (tertiary/aromatic N) is 2. The van der Waals surface area contributed by atoms with E-state index in [4.69, 9.17) is 4.74 Å². The van der Waals surface area contributed by atoms with Crippen molar-refractivity contribution in [2.75, 3.05) is 13.7 Å². The Hall–Kier alpha value is -2.14. The number of benzene rings is 1. The van der Waals surface area contributed by atoms with E-state index in [9.17, 15) is 4.79 Å². The Labute approximate surface area is 118 Å². The van der Waals surface area contributed by atoms with E-state index in [2.05, 4.69) is 10.4 Å². The summed E-state index contributed by atoms with van der Waals surface area (Å²) < 4.78 is 6.85. The first-order valence-corrected chi connectivity index (χ1v) is 6.64. The molecule has 0 aliphatic rings. The molecule has 0 spiro atoms. The fourth-order valence-electron chi connectivity index (χ4n) is 2.17. The summed E-state index contributed by atoms with van der Waals surface area (Å²) in [6.45, 7) is 3.29. The van der Waals surface area contributed by atoms with Gasteiger partial charge in [0.15, 0.2) is 0 Å². The van der Waals surface area contributed by atoms with Gasteiger partial charge in [-0.3, -0.25) is 4.79 Å². The van der Waals surface area contributed by atoms with Crippen LogP contribution in [0, 0.1) is 0 Å². The first kappa shape index (κ1) is 14.3. The van der Waals surface area contributed by atoms with Gasteiger partial charge in [-0.1, -0.05) is 25.1 Å². The number of ether oxygens (including phenoxy) is 1. The zero-order valence-corrected chi connectivity index (χ0v) is 11.7. The number of methoxy groups -OCH3 is 1. The Balaban J connectivity index is 2.32. The van der Waals surface area contributed by atoms with Crippen LogP contribution in [0.1, 0.15) is 18.5 Å². The monoisotopic (exact) mass is 273 g/mol. The molecule has 5 heteroatoms. The van der Waals surface area contributed by atoms with Crippen molar-refractivity contribution < 1.29 is 4.74 Å². The summed E-state index contributed by atoms with van der Waals surface area (Å²) in [5.74, 6) is 0.808. The number of hydrogen-bond donors (Lipinski definition) is 1. The summed E-state index contributed by atoms with van der Waals surface area (Å²) in [6.07, 6.45) is 1.62. The third-order valence-electron chi connectivity index (χ3n) is 3.11. The molecule has 0 aliphatic carbocycles. The molecule has 2 aromatic rings. The lowest BCUT2D eigenvalue weighted by atomic mass is 10.1. The Morgan fingerprint density at radius 2 is 2.10 bits per heavy atom.